The zero-order valence-corrected chi connectivity index (χ0v) is 21.4. The van der Waals surface area contributed by atoms with Crippen molar-refractivity contribution in [2.45, 2.75) is 35.7 Å². The molecule has 0 spiro atoms. The highest BCUT2D eigenvalue weighted by Crippen LogP contribution is 2.47. The number of fused-ring (bicyclic) bond motifs is 1. The molecule has 2 aliphatic heterocycles. The van der Waals surface area contributed by atoms with Gasteiger partial charge in [0.05, 0.1) is 44.3 Å². The van der Waals surface area contributed by atoms with Gasteiger partial charge in [-0.3, -0.25) is 0 Å². The second kappa shape index (κ2) is 8.17. The molecule has 3 heterocycles. The number of aromatic nitrogens is 2. The third kappa shape index (κ3) is 3.90. The third-order valence-corrected chi connectivity index (χ3v) is 10.4. The van der Waals surface area contributed by atoms with Crippen LogP contribution < -0.4 is 0 Å². The van der Waals surface area contributed by atoms with Gasteiger partial charge in [0.1, 0.15) is 0 Å². The Labute approximate surface area is 210 Å². The summed E-state index contributed by atoms with van der Waals surface area (Å²) in [6.45, 7) is 4.35. The first-order valence-corrected chi connectivity index (χ1v) is 14.5. The molecule has 10 heteroatoms. The van der Waals surface area contributed by atoms with Crippen LogP contribution in [0.25, 0.3) is 11.0 Å². The molecule has 3 aromatic carbocycles. The van der Waals surface area contributed by atoms with E-state index in [1.54, 1.807) is 48.5 Å². The average Bonchev–Trinajstić information content (AvgIpc) is 3.77. The van der Waals surface area contributed by atoms with E-state index in [0.29, 0.717) is 22.4 Å². The highest BCUT2D eigenvalue weighted by atomic mass is 32.2. The van der Waals surface area contributed by atoms with Crippen LogP contribution in [0.1, 0.15) is 34.6 Å². The maximum atomic E-state index is 13.3. The molecule has 2 unspecified atom stereocenters. The Kier molecular flexibility index (Phi) is 5.27. The van der Waals surface area contributed by atoms with Crippen LogP contribution in [-0.4, -0.2) is 48.5 Å². The van der Waals surface area contributed by atoms with Crippen LogP contribution in [0.2, 0.25) is 0 Å². The molecule has 4 aromatic rings. The van der Waals surface area contributed by atoms with Gasteiger partial charge in [-0.25, -0.2) is 26.8 Å². The molecule has 2 fully saturated rings. The Morgan fingerprint density at radius 3 is 1.33 bits per heavy atom. The van der Waals surface area contributed by atoms with Crippen LogP contribution >= 0.6 is 0 Å². The van der Waals surface area contributed by atoms with Gasteiger partial charge >= 0.3 is 0 Å². The topological polar surface area (TPSA) is 100 Å². The van der Waals surface area contributed by atoms with Crippen LogP contribution in [0.15, 0.2) is 82.6 Å². The molecule has 0 radical (unpaired) electrons. The Bertz CT molecular complexity index is 1580. The Morgan fingerprint density at radius 2 is 0.972 bits per heavy atom. The van der Waals surface area contributed by atoms with E-state index in [-0.39, 0.29) is 22.9 Å². The lowest BCUT2D eigenvalue weighted by Gasteiger charge is -2.12. The lowest BCUT2D eigenvalue weighted by molar-refractivity contribution is 0.546. The van der Waals surface area contributed by atoms with E-state index in [1.165, 1.54) is 8.61 Å². The highest BCUT2D eigenvalue weighted by molar-refractivity contribution is 7.89. The normalized spacial score (nSPS) is 23.5. The standard InChI is InChI=1S/C26H24N4O4S2/c1-17-7-11-19(12-8-17)35(31,32)29-15-23(29)25-26(28-22-6-4-3-5-21(22)27-25)24-16-30(24)36(33,34)20-13-9-18(2)10-14-20/h3-14,23-24H,15-16H2,1-2H3/t23-,24-,29?,30?/m0/s1. The number of rotatable bonds is 6. The Balaban J connectivity index is 1.37. The lowest BCUT2D eigenvalue weighted by Crippen LogP contribution is -2.16. The first-order valence-electron chi connectivity index (χ1n) is 11.6. The molecule has 1 aromatic heterocycles. The number of aryl methyl sites for hydroxylation is 2. The molecule has 8 nitrogen and oxygen atoms in total. The minimum Gasteiger partial charge on any atom is -0.247 e. The van der Waals surface area contributed by atoms with Crippen LogP contribution in [0.4, 0.5) is 0 Å². The van der Waals surface area contributed by atoms with Crippen molar-refractivity contribution in [3.8, 4) is 0 Å². The maximum absolute atomic E-state index is 13.3. The van der Waals surface area contributed by atoms with E-state index in [0.717, 1.165) is 11.1 Å². The number of sulfonamides is 2. The largest absolute Gasteiger partial charge is 0.247 e. The summed E-state index contributed by atoms with van der Waals surface area (Å²) in [4.78, 5) is 10.0. The van der Waals surface area contributed by atoms with E-state index >= 15 is 0 Å². The maximum Gasteiger partial charge on any atom is 0.243 e. The molecule has 0 saturated carbocycles. The van der Waals surface area contributed by atoms with Gasteiger partial charge in [-0.1, -0.05) is 47.5 Å². The fraction of sp³-hybridized carbons (Fsp3) is 0.231. The van der Waals surface area contributed by atoms with Crippen molar-refractivity contribution < 1.29 is 16.8 Å². The second-order valence-electron chi connectivity index (χ2n) is 9.29. The van der Waals surface area contributed by atoms with E-state index in [1.807, 2.05) is 38.1 Å². The highest BCUT2D eigenvalue weighted by Gasteiger charge is 2.53. The van der Waals surface area contributed by atoms with Gasteiger partial charge in [-0.2, -0.15) is 8.61 Å². The van der Waals surface area contributed by atoms with Crippen molar-refractivity contribution in [2.24, 2.45) is 0 Å². The lowest BCUT2D eigenvalue weighted by atomic mass is 10.1. The van der Waals surface area contributed by atoms with Gasteiger partial charge in [-0.05, 0) is 50.2 Å². The minimum atomic E-state index is -3.71. The van der Waals surface area contributed by atoms with Crippen molar-refractivity contribution in [1.29, 1.82) is 0 Å². The zero-order chi connectivity index (χ0) is 25.2. The van der Waals surface area contributed by atoms with E-state index in [2.05, 4.69) is 0 Å². The summed E-state index contributed by atoms with van der Waals surface area (Å²) < 4.78 is 55.8. The summed E-state index contributed by atoms with van der Waals surface area (Å²) in [7, 11) is -7.42. The molecule has 0 bridgehead atoms. The van der Waals surface area contributed by atoms with Crippen molar-refractivity contribution >= 4 is 31.1 Å². The van der Waals surface area contributed by atoms with Crippen molar-refractivity contribution in [3.63, 3.8) is 0 Å². The first kappa shape index (κ1) is 23.2. The fourth-order valence-corrected chi connectivity index (χ4v) is 7.48. The summed E-state index contributed by atoms with van der Waals surface area (Å²) in [5.41, 5.74) is 4.26. The quantitative estimate of drug-likeness (QED) is 0.359. The van der Waals surface area contributed by atoms with Gasteiger partial charge in [0, 0.05) is 13.1 Å². The SMILES string of the molecule is Cc1ccc(S(=O)(=O)N2C[C@H]2c2nc3ccccc3nc2[C@@H]2CN2S(=O)(=O)c2ccc(C)cc2)cc1. The molecule has 2 saturated heterocycles. The first-order chi connectivity index (χ1) is 17.2. The van der Waals surface area contributed by atoms with Crippen LogP contribution in [0.5, 0.6) is 0 Å². The van der Waals surface area contributed by atoms with Gasteiger partial charge in [0.25, 0.3) is 0 Å². The van der Waals surface area contributed by atoms with Crippen molar-refractivity contribution in [2.75, 3.05) is 13.1 Å². The molecular weight excluding hydrogens is 496 g/mol. The smallest absolute Gasteiger partial charge is 0.243 e. The molecular formula is C26H24N4O4S2. The molecule has 0 aliphatic carbocycles. The number of hydrogen-bond donors (Lipinski definition) is 0. The van der Waals surface area contributed by atoms with E-state index in [9.17, 15) is 16.8 Å². The molecule has 184 valence electrons. The fourth-order valence-electron chi connectivity index (χ4n) is 4.43. The zero-order valence-electron chi connectivity index (χ0n) is 19.7. The van der Waals surface area contributed by atoms with Crippen LogP contribution in [-0.2, 0) is 20.0 Å². The number of benzene rings is 3. The molecule has 36 heavy (non-hydrogen) atoms. The Hall–Kier alpha value is -3.18. The number of nitrogens with zero attached hydrogens (tertiary/aromatic N) is 4. The predicted molar refractivity (Wildman–Crippen MR) is 135 cm³/mol. The molecule has 4 atom stereocenters. The summed E-state index contributed by atoms with van der Waals surface area (Å²) in [5.74, 6) is 0. The van der Waals surface area contributed by atoms with Crippen molar-refractivity contribution in [3.05, 3.63) is 95.3 Å². The molecule has 2 aliphatic rings. The van der Waals surface area contributed by atoms with Gasteiger partial charge in [-0.15, -0.1) is 0 Å². The van der Waals surface area contributed by atoms with Gasteiger partial charge in [0.15, 0.2) is 0 Å². The van der Waals surface area contributed by atoms with Gasteiger partial charge in [0.2, 0.25) is 20.0 Å². The summed E-state index contributed by atoms with van der Waals surface area (Å²) in [6.07, 6.45) is 0. The minimum absolute atomic E-state index is 0.223. The van der Waals surface area contributed by atoms with Crippen LogP contribution in [0, 0.1) is 13.8 Å². The second-order valence-corrected chi connectivity index (χ2v) is 13.1. The van der Waals surface area contributed by atoms with E-state index < -0.39 is 32.1 Å². The Morgan fingerprint density at radius 1 is 0.611 bits per heavy atom. The van der Waals surface area contributed by atoms with Crippen LogP contribution in [0.3, 0.4) is 0 Å². The number of hydrogen-bond acceptors (Lipinski definition) is 6. The monoisotopic (exact) mass is 520 g/mol. The predicted octanol–water partition coefficient (Wildman–Crippen LogP) is 3.74. The summed E-state index contributed by atoms with van der Waals surface area (Å²) >= 11 is 0. The van der Waals surface area contributed by atoms with Crippen molar-refractivity contribution in [1.82, 2.24) is 18.6 Å². The number of para-hydroxylation sites is 2. The molecule has 6 rings (SSSR count). The molecule has 0 N–H and O–H groups in total. The summed E-state index contributed by atoms with van der Waals surface area (Å²) in [5, 5.41) is 0. The molecule has 0 amide bonds. The average molecular weight is 521 g/mol. The summed E-state index contributed by atoms with van der Waals surface area (Å²) in [6, 6.07) is 19.8. The third-order valence-electron chi connectivity index (χ3n) is 6.65. The van der Waals surface area contributed by atoms with E-state index in [4.69, 9.17) is 9.97 Å². The van der Waals surface area contributed by atoms with Gasteiger partial charge < -0.3 is 0 Å².